The molecule has 1 aromatic heterocycles. The van der Waals surface area contributed by atoms with E-state index in [1.165, 1.54) is 28.3 Å². The summed E-state index contributed by atoms with van der Waals surface area (Å²) in [4.78, 5) is 29.6. The van der Waals surface area contributed by atoms with E-state index in [0.29, 0.717) is 30.4 Å². The number of aromatic nitrogens is 2. The quantitative estimate of drug-likeness (QED) is 0.346. The van der Waals surface area contributed by atoms with E-state index in [2.05, 4.69) is 12.1 Å². The van der Waals surface area contributed by atoms with E-state index in [1.54, 1.807) is 6.92 Å². The number of nitrogens with two attached hydrogens (primary N) is 1. The van der Waals surface area contributed by atoms with E-state index in [1.807, 2.05) is 53.4 Å². The van der Waals surface area contributed by atoms with Crippen molar-refractivity contribution in [1.29, 1.82) is 0 Å². The first-order valence-electron chi connectivity index (χ1n) is 13.7. The Labute approximate surface area is 232 Å². The van der Waals surface area contributed by atoms with Crippen molar-refractivity contribution in [2.45, 2.75) is 45.3 Å². The minimum Gasteiger partial charge on any atom is -0.366 e. The number of anilines is 1. The van der Waals surface area contributed by atoms with E-state index < -0.39 is 28.9 Å². The predicted octanol–water partition coefficient (Wildman–Crippen LogP) is 4.80. The number of benzene rings is 3. The van der Waals surface area contributed by atoms with E-state index in [0.717, 1.165) is 29.4 Å². The van der Waals surface area contributed by atoms with Crippen molar-refractivity contribution in [1.82, 2.24) is 9.13 Å². The zero-order chi connectivity index (χ0) is 28.2. The van der Waals surface area contributed by atoms with Crippen LogP contribution in [0.2, 0.25) is 0 Å². The van der Waals surface area contributed by atoms with Gasteiger partial charge in [-0.25, -0.2) is 13.6 Å². The highest BCUT2D eigenvalue weighted by atomic mass is 19.1. The van der Waals surface area contributed by atoms with Crippen molar-refractivity contribution in [3.63, 3.8) is 0 Å². The SMILES string of the molecule is Cc1c(N2CCC(Cc3ccccc3)CC2)c(=O)n(C[C@H](N)c2ccccc2)c(=O)n1Cc1c(F)cccc1F. The number of nitrogens with zero attached hydrogens (tertiary/aromatic N) is 3. The molecular formula is C32H34F2N4O2. The van der Waals surface area contributed by atoms with Crippen molar-refractivity contribution >= 4 is 5.69 Å². The fraction of sp³-hybridized carbons (Fsp3) is 0.312. The summed E-state index contributed by atoms with van der Waals surface area (Å²) in [5.74, 6) is -1.01. The number of halogens is 2. The van der Waals surface area contributed by atoms with Gasteiger partial charge in [-0.2, -0.15) is 0 Å². The normalized spacial score (nSPS) is 14.8. The van der Waals surface area contributed by atoms with Crippen LogP contribution in [0.5, 0.6) is 0 Å². The summed E-state index contributed by atoms with van der Waals surface area (Å²) < 4.78 is 31.7. The first-order chi connectivity index (χ1) is 19.3. The maximum atomic E-state index is 14.6. The second-order valence-electron chi connectivity index (χ2n) is 10.6. The lowest BCUT2D eigenvalue weighted by molar-refractivity contribution is 0.400. The lowest BCUT2D eigenvalue weighted by Crippen LogP contribution is -2.48. The molecule has 0 unspecified atom stereocenters. The molecule has 5 rings (SSSR count). The number of hydrogen-bond acceptors (Lipinski definition) is 4. The zero-order valence-electron chi connectivity index (χ0n) is 22.6. The van der Waals surface area contributed by atoms with Crippen LogP contribution in [-0.2, 0) is 19.5 Å². The summed E-state index contributed by atoms with van der Waals surface area (Å²) in [5.41, 5.74) is 7.98. The van der Waals surface area contributed by atoms with Gasteiger partial charge in [0.1, 0.15) is 17.3 Å². The van der Waals surface area contributed by atoms with Gasteiger partial charge in [0.25, 0.3) is 5.56 Å². The van der Waals surface area contributed by atoms with E-state index >= 15 is 0 Å². The molecule has 0 aliphatic carbocycles. The highest BCUT2D eigenvalue weighted by Gasteiger charge is 2.27. The fourth-order valence-corrected chi connectivity index (χ4v) is 5.65. The molecule has 0 bridgehead atoms. The monoisotopic (exact) mass is 544 g/mol. The highest BCUT2D eigenvalue weighted by molar-refractivity contribution is 5.49. The van der Waals surface area contributed by atoms with E-state index in [9.17, 15) is 18.4 Å². The smallest absolute Gasteiger partial charge is 0.331 e. The van der Waals surface area contributed by atoms with Gasteiger partial charge in [-0.05, 0) is 55.4 Å². The standard InChI is InChI=1S/C32H34F2N4O2/c1-22-30(36-17-15-24(16-18-36)19-23-9-4-2-5-10-23)31(39)38(21-29(35)25-11-6-3-7-12-25)32(40)37(22)20-26-27(33)13-8-14-28(26)34/h2-14,24,29H,15-21,35H2,1H3/t29-/m0/s1. The third-order valence-electron chi connectivity index (χ3n) is 7.94. The maximum absolute atomic E-state index is 14.6. The van der Waals surface area contributed by atoms with Gasteiger partial charge < -0.3 is 10.6 Å². The van der Waals surface area contributed by atoms with Gasteiger partial charge in [0.15, 0.2) is 0 Å². The van der Waals surface area contributed by atoms with Gasteiger partial charge >= 0.3 is 5.69 Å². The molecule has 4 aromatic rings. The molecule has 2 N–H and O–H groups in total. The molecule has 1 aliphatic heterocycles. The Morgan fingerprint density at radius 1 is 0.850 bits per heavy atom. The largest absolute Gasteiger partial charge is 0.366 e. The van der Waals surface area contributed by atoms with Gasteiger partial charge in [0, 0.05) is 30.4 Å². The first-order valence-corrected chi connectivity index (χ1v) is 13.7. The van der Waals surface area contributed by atoms with Gasteiger partial charge in [0.2, 0.25) is 0 Å². The van der Waals surface area contributed by atoms with Crippen LogP contribution >= 0.6 is 0 Å². The van der Waals surface area contributed by atoms with Crippen molar-refractivity contribution in [3.8, 4) is 0 Å². The molecule has 8 heteroatoms. The molecule has 1 fully saturated rings. The van der Waals surface area contributed by atoms with Crippen LogP contribution in [-0.4, -0.2) is 22.2 Å². The predicted molar refractivity (Wildman–Crippen MR) is 154 cm³/mol. The van der Waals surface area contributed by atoms with Gasteiger partial charge in [0.05, 0.1) is 13.1 Å². The van der Waals surface area contributed by atoms with Crippen molar-refractivity contribution in [2.75, 3.05) is 18.0 Å². The van der Waals surface area contributed by atoms with E-state index in [-0.39, 0.29) is 18.7 Å². The minimum absolute atomic E-state index is 0.0564. The van der Waals surface area contributed by atoms with Crippen LogP contribution in [0, 0.1) is 24.5 Å². The summed E-state index contributed by atoms with van der Waals surface area (Å²) in [7, 11) is 0. The Balaban J connectivity index is 1.51. The molecule has 40 heavy (non-hydrogen) atoms. The molecule has 0 saturated carbocycles. The summed E-state index contributed by atoms with van der Waals surface area (Å²) in [6.45, 7) is 2.57. The Bertz CT molecular complexity index is 1560. The molecule has 208 valence electrons. The molecule has 0 amide bonds. The summed E-state index contributed by atoms with van der Waals surface area (Å²) in [6.07, 6.45) is 2.74. The summed E-state index contributed by atoms with van der Waals surface area (Å²) >= 11 is 0. The van der Waals surface area contributed by atoms with E-state index in [4.69, 9.17) is 5.73 Å². The van der Waals surface area contributed by atoms with Crippen LogP contribution in [0.15, 0.2) is 88.5 Å². The third-order valence-corrected chi connectivity index (χ3v) is 7.94. The molecule has 3 aromatic carbocycles. The zero-order valence-corrected chi connectivity index (χ0v) is 22.6. The molecule has 1 aliphatic rings. The summed E-state index contributed by atoms with van der Waals surface area (Å²) in [6, 6.07) is 22.6. The van der Waals surface area contributed by atoms with Crippen LogP contribution in [0.4, 0.5) is 14.5 Å². The third kappa shape index (κ3) is 5.77. The highest BCUT2D eigenvalue weighted by Crippen LogP contribution is 2.26. The topological polar surface area (TPSA) is 73.3 Å². The van der Waals surface area contributed by atoms with Crippen LogP contribution in [0.25, 0.3) is 0 Å². The molecule has 1 atom stereocenters. The molecular weight excluding hydrogens is 510 g/mol. The number of hydrogen-bond donors (Lipinski definition) is 1. The van der Waals surface area contributed by atoms with Gasteiger partial charge in [-0.1, -0.05) is 66.7 Å². The minimum atomic E-state index is -0.742. The number of piperidine rings is 1. The van der Waals surface area contributed by atoms with Gasteiger partial charge in [-0.3, -0.25) is 13.9 Å². The van der Waals surface area contributed by atoms with Crippen LogP contribution in [0.1, 0.15) is 41.3 Å². The maximum Gasteiger partial charge on any atom is 0.331 e. The Morgan fingerprint density at radius 3 is 2.08 bits per heavy atom. The Morgan fingerprint density at radius 2 is 1.45 bits per heavy atom. The van der Waals surface area contributed by atoms with Crippen molar-refractivity contribution in [3.05, 3.63) is 134 Å². The molecule has 6 nitrogen and oxygen atoms in total. The Kier molecular flexibility index (Phi) is 8.26. The van der Waals surface area contributed by atoms with Crippen LogP contribution in [0.3, 0.4) is 0 Å². The second kappa shape index (κ2) is 12.0. The fourth-order valence-electron chi connectivity index (χ4n) is 5.65. The molecule has 2 heterocycles. The van der Waals surface area contributed by atoms with Crippen molar-refractivity contribution < 1.29 is 8.78 Å². The number of rotatable bonds is 8. The average Bonchev–Trinajstić information content (AvgIpc) is 2.96. The first kappa shape index (κ1) is 27.5. The molecule has 0 spiro atoms. The second-order valence-corrected chi connectivity index (χ2v) is 10.6. The average molecular weight is 545 g/mol. The molecule has 1 saturated heterocycles. The Hall–Kier alpha value is -4.04. The molecule has 0 radical (unpaired) electrons. The van der Waals surface area contributed by atoms with Gasteiger partial charge in [-0.15, -0.1) is 0 Å². The van der Waals surface area contributed by atoms with Crippen molar-refractivity contribution in [2.24, 2.45) is 11.7 Å². The summed E-state index contributed by atoms with van der Waals surface area (Å²) in [5, 5.41) is 0. The lowest BCUT2D eigenvalue weighted by atomic mass is 9.90. The lowest BCUT2D eigenvalue weighted by Gasteiger charge is -2.35. The van der Waals surface area contributed by atoms with Crippen LogP contribution < -0.4 is 21.9 Å².